The molecule has 0 spiro atoms. The van der Waals surface area contributed by atoms with Gasteiger partial charge in [0, 0.05) is 17.1 Å². The summed E-state index contributed by atoms with van der Waals surface area (Å²) in [5, 5.41) is 0.368. The molecule has 1 nitrogen and oxygen atoms in total. The van der Waals surface area contributed by atoms with E-state index in [4.69, 9.17) is 16.3 Å². The van der Waals surface area contributed by atoms with Crippen LogP contribution in [0.25, 0.3) is 0 Å². The van der Waals surface area contributed by atoms with Crippen LogP contribution in [0.15, 0.2) is 16.6 Å². The van der Waals surface area contributed by atoms with Crippen molar-refractivity contribution in [1.29, 1.82) is 0 Å². The third-order valence-electron chi connectivity index (χ3n) is 1.39. The van der Waals surface area contributed by atoms with Crippen molar-refractivity contribution in [3.8, 4) is 0 Å². The Labute approximate surface area is 83.6 Å². The second kappa shape index (κ2) is 4.21. The van der Waals surface area contributed by atoms with Gasteiger partial charge in [0.25, 0.3) is 0 Å². The standard InChI is InChI=1S/C8H7BrClFO/c1-12-4-5-2-6(9)7(10)3-8(5)11/h2-3H,4H2,1H3. The van der Waals surface area contributed by atoms with E-state index >= 15 is 0 Å². The second-order valence-corrected chi connectivity index (χ2v) is 3.55. The van der Waals surface area contributed by atoms with Gasteiger partial charge in [0.15, 0.2) is 0 Å². The van der Waals surface area contributed by atoms with E-state index in [1.165, 1.54) is 13.2 Å². The van der Waals surface area contributed by atoms with Crippen LogP contribution >= 0.6 is 27.5 Å². The Bertz CT molecular complexity index is 291. The van der Waals surface area contributed by atoms with Gasteiger partial charge < -0.3 is 4.74 Å². The number of methoxy groups -OCH3 is 1. The van der Waals surface area contributed by atoms with Crippen molar-refractivity contribution in [3.05, 3.63) is 33.0 Å². The number of rotatable bonds is 2. The zero-order chi connectivity index (χ0) is 9.14. The third-order valence-corrected chi connectivity index (χ3v) is 2.59. The molecule has 4 heteroatoms. The molecule has 0 N–H and O–H groups in total. The van der Waals surface area contributed by atoms with E-state index in [9.17, 15) is 4.39 Å². The summed E-state index contributed by atoms with van der Waals surface area (Å²) in [6.45, 7) is 0.252. The zero-order valence-electron chi connectivity index (χ0n) is 6.40. The molecule has 66 valence electrons. The number of hydrogen-bond acceptors (Lipinski definition) is 1. The number of hydrogen-bond donors (Lipinski definition) is 0. The Morgan fingerprint density at radius 1 is 1.58 bits per heavy atom. The monoisotopic (exact) mass is 252 g/mol. The van der Waals surface area contributed by atoms with Crippen LogP contribution in [0.3, 0.4) is 0 Å². The first-order chi connectivity index (χ1) is 5.65. The lowest BCUT2D eigenvalue weighted by Gasteiger charge is -2.03. The molecular weight excluding hydrogens is 246 g/mol. The quantitative estimate of drug-likeness (QED) is 0.734. The van der Waals surface area contributed by atoms with Gasteiger partial charge in [-0.1, -0.05) is 11.6 Å². The molecule has 0 aliphatic rings. The molecule has 0 heterocycles. The van der Waals surface area contributed by atoms with Gasteiger partial charge in [-0.05, 0) is 28.1 Å². The van der Waals surface area contributed by atoms with Crippen LogP contribution in [-0.2, 0) is 11.3 Å². The van der Waals surface area contributed by atoms with Crippen molar-refractivity contribution in [2.45, 2.75) is 6.61 Å². The van der Waals surface area contributed by atoms with Crippen molar-refractivity contribution in [1.82, 2.24) is 0 Å². The van der Waals surface area contributed by atoms with Crippen LogP contribution in [-0.4, -0.2) is 7.11 Å². The van der Waals surface area contributed by atoms with Crippen molar-refractivity contribution < 1.29 is 9.13 Å². The van der Waals surface area contributed by atoms with Crippen LogP contribution in [0.4, 0.5) is 4.39 Å². The van der Waals surface area contributed by atoms with Crippen LogP contribution in [0.1, 0.15) is 5.56 Å². The average Bonchev–Trinajstić information content (AvgIpc) is 2.01. The van der Waals surface area contributed by atoms with Gasteiger partial charge in [0.2, 0.25) is 0 Å². The Hall–Kier alpha value is -0.120. The molecule has 12 heavy (non-hydrogen) atoms. The van der Waals surface area contributed by atoms with Crippen LogP contribution < -0.4 is 0 Å². The molecule has 0 radical (unpaired) electrons. The Balaban J connectivity index is 3.05. The molecule has 0 aromatic heterocycles. The van der Waals surface area contributed by atoms with Crippen LogP contribution in [0, 0.1) is 5.82 Å². The number of halogens is 3. The van der Waals surface area contributed by atoms with E-state index in [-0.39, 0.29) is 12.4 Å². The lowest BCUT2D eigenvalue weighted by Crippen LogP contribution is -1.92. The minimum absolute atomic E-state index is 0.252. The van der Waals surface area contributed by atoms with E-state index in [1.54, 1.807) is 6.07 Å². The number of ether oxygens (including phenoxy) is 1. The van der Waals surface area contributed by atoms with Crippen LogP contribution in [0.2, 0.25) is 5.02 Å². The summed E-state index contributed by atoms with van der Waals surface area (Å²) < 4.78 is 18.5. The summed E-state index contributed by atoms with van der Waals surface area (Å²) in [7, 11) is 1.52. The van der Waals surface area contributed by atoms with Crippen molar-refractivity contribution in [2.24, 2.45) is 0 Å². The molecule has 1 aromatic carbocycles. The molecule has 0 aliphatic heterocycles. The summed E-state index contributed by atoms with van der Waals surface area (Å²) in [4.78, 5) is 0. The second-order valence-electron chi connectivity index (χ2n) is 2.29. The highest BCUT2D eigenvalue weighted by Crippen LogP contribution is 2.25. The molecule has 0 saturated carbocycles. The topological polar surface area (TPSA) is 9.23 Å². The maximum absolute atomic E-state index is 13.0. The van der Waals surface area contributed by atoms with Gasteiger partial charge in [0.05, 0.1) is 11.6 Å². The number of benzene rings is 1. The van der Waals surface area contributed by atoms with Crippen molar-refractivity contribution in [3.63, 3.8) is 0 Å². The molecule has 0 bridgehead atoms. The highest BCUT2D eigenvalue weighted by Gasteiger charge is 2.05. The Morgan fingerprint density at radius 2 is 2.25 bits per heavy atom. The first-order valence-electron chi connectivity index (χ1n) is 3.27. The maximum Gasteiger partial charge on any atom is 0.130 e. The summed E-state index contributed by atoms with van der Waals surface area (Å²) in [6, 6.07) is 2.88. The van der Waals surface area contributed by atoms with Gasteiger partial charge in [-0.3, -0.25) is 0 Å². The van der Waals surface area contributed by atoms with Crippen molar-refractivity contribution >= 4 is 27.5 Å². The first-order valence-corrected chi connectivity index (χ1v) is 4.44. The van der Waals surface area contributed by atoms with Crippen LogP contribution in [0.5, 0.6) is 0 Å². The molecule has 0 fully saturated rings. The van der Waals surface area contributed by atoms with Gasteiger partial charge in [0.1, 0.15) is 5.82 Å². The summed E-state index contributed by atoms with van der Waals surface area (Å²) >= 11 is 8.85. The van der Waals surface area contributed by atoms with Gasteiger partial charge >= 0.3 is 0 Å². The normalized spacial score (nSPS) is 10.3. The van der Waals surface area contributed by atoms with E-state index in [2.05, 4.69) is 15.9 Å². The molecule has 0 atom stereocenters. The minimum atomic E-state index is -0.343. The van der Waals surface area contributed by atoms with Gasteiger partial charge in [-0.25, -0.2) is 4.39 Å². The zero-order valence-corrected chi connectivity index (χ0v) is 8.75. The Kier molecular flexibility index (Phi) is 3.50. The maximum atomic E-state index is 13.0. The molecular formula is C8H7BrClFO. The summed E-state index contributed by atoms with van der Waals surface area (Å²) in [5.41, 5.74) is 0.494. The fourth-order valence-corrected chi connectivity index (χ4v) is 1.37. The predicted octanol–water partition coefficient (Wildman–Crippen LogP) is 3.39. The van der Waals surface area contributed by atoms with Gasteiger partial charge in [-0.2, -0.15) is 0 Å². The summed E-state index contributed by atoms with van der Waals surface area (Å²) in [6.07, 6.45) is 0. The molecule has 1 aromatic rings. The van der Waals surface area contributed by atoms with E-state index < -0.39 is 0 Å². The lowest BCUT2D eigenvalue weighted by atomic mass is 10.2. The molecule has 1 rings (SSSR count). The smallest absolute Gasteiger partial charge is 0.130 e. The fourth-order valence-electron chi connectivity index (χ4n) is 0.830. The summed E-state index contributed by atoms with van der Waals surface area (Å²) in [5.74, 6) is -0.343. The average molecular weight is 253 g/mol. The third kappa shape index (κ3) is 2.19. The van der Waals surface area contributed by atoms with E-state index in [1.807, 2.05) is 0 Å². The first kappa shape index (κ1) is 9.96. The van der Waals surface area contributed by atoms with Gasteiger partial charge in [-0.15, -0.1) is 0 Å². The Morgan fingerprint density at radius 3 is 2.83 bits per heavy atom. The molecule has 0 unspecified atom stereocenters. The molecule has 0 aliphatic carbocycles. The van der Waals surface area contributed by atoms with Crippen molar-refractivity contribution in [2.75, 3.05) is 7.11 Å². The lowest BCUT2D eigenvalue weighted by molar-refractivity contribution is 0.181. The highest BCUT2D eigenvalue weighted by molar-refractivity contribution is 9.10. The minimum Gasteiger partial charge on any atom is -0.380 e. The SMILES string of the molecule is COCc1cc(Br)c(Cl)cc1F. The highest BCUT2D eigenvalue weighted by atomic mass is 79.9. The van der Waals surface area contributed by atoms with E-state index in [0.29, 0.717) is 15.1 Å². The predicted molar refractivity (Wildman–Crippen MR) is 49.8 cm³/mol. The largest absolute Gasteiger partial charge is 0.380 e. The fraction of sp³-hybridized carbons (Fsp3) is 0.250. The van der Waals surface area contributed by atoms with E-state index in [0.717, 1.165) is 0 Å². The molecule has 0 saturated heterocycles. The molecule has 0 amide bonds.